The van der Waals surface area contributed by atoms with Crippen molar-refractivity contribution in [3.05, 3.63) is 35.5 Å². The summed E-state index contributed by atoms with van der Waals surface area (Å²) in [5, 5.41) is -0.513. The van der Waals surface area contributed by atoms with E-state index in [-0.39, 0.29) is 22.0 Å². The SMILES string of the molecule is CCCCCC1CCC([C@H]2CCC[C@](OCCC)([SiH2]OC(C)=CC(C)=O)C2([SiH2]OC(C)=CC(C)=O)[SiH2]OC(C)=CC(C)=O)CC1. The minimum absolute atomic E-state index is 0.0259. The Balaban J connectivity index is 2.64. The molecule has 0 aromatic rings. The number of hydrogen-bond acceptors (Lipinski definition) is 7. The second kappa shape index (κ2) is 19.8. The van der Waals surface area contributed by atoms with E-state index in [2.05, 4.69) is 13.8 Å². The minimum atomic E-state index is -1.39. The Morgan fingerprint density at radius 2 is 1.20 bits per heavy atom. The molecule has 0 heterocycles. The molecule has 0 radical (unpaired) electrons. The highest BCUT2D eigenvalue weighted by atomic mass is 28.3. The van der Waals surface area contributed by atoms with Crippen LogP contribution < -0.4 is 0 Å². The lowest BCUT2D eigenvalue weighted by Gasteiger charge is -2.58. The summed E-state index contributed by atoms with van der Waals surface area (Å²) < 4.78 is 26.7. The highest BCUT2D eigenvalue weighted by Gasteiger charge is 2.63. The van der Waals surface area contributed by atoms with E-state index < -0.39 is 34.5 Å². The van der Waals surface area contributed by atoms with Gasteiger partial charge in [-0.3, -0.25) is 14.4 Å². The smallest absolute Gasteiger partial charge is 0.250 e. The van der Waals surface area contributed by atoms with Gasteiger partial charge in [-0.2, -0.15) is 0 Å². The minimum Gasteiger partial charge on any atom is -0.552 e. The van der Waals surface area contributed by atoms with Gasteiger partial charge >= 0.3 is 0 Å². The van der Waals surface area contributed by atoms with Gasteiger partial charge in [-0.1, -0.05) is 58.8 Å². The van der Waals surface area contributed by atoms with Crippen molar-refractivity contribution in [2.45, 2.75) is 142 Å². The number of ether oxygens (including phenoxy) is 1. The topological polar surface area (TPSA) is 88.1 Å². The van der Waals surface area contributed by atoms with Gasteiger partial charge in [0.15, 0.2) is 17.3 Å². The van der Waals surface area contributed by atoms with Gasteiger partial charge in [0.2, 0.25) is 19.5 Å². The molecular formula is C35H62O7Si3. The number of allylic oxidation sites excluding steroid dienone is 6. The van der Waals surface area contributed by atoms with E-state index in [0.717, 1.165) is 31.6 Å². The Morgan fingerprint density at radius 3 is 1.67 bits per heavy atom. The summed E-state index contributed by atoms with van der Waals surface area (Å²) in [6, 6.07) is 0. The summed E-state index contributed by atoms with van der Waals surface area (Å²) in [6.07, 6.45) is 18.9. The zero-order valence-corrected chi connectivity index (χ0v) is 33.9. The van der Waals surface area contributed by atoms with Crippen LogP contribution in [0.3, 0.4) is 0 Å². The quantitative estimate of drug-likeness (QED) is 0.0657. The second-order valence-corrected chi connectivity index (χ2v) is 20.1. The third kappa shape index (κ3) is 12.4. The predicted molar refractivity (Wildman–Crippen MR) is 191 cm³/mol. The first-order valence-corrected chi connectivity index (χ1v) is 21.3. The number of carbonyl (C=O) groups is 3. The van der Waals surface area contributed by atoms with Gasteiger partial charge in [0.25, 0.3) is 9.76 Å². The van der Waals surface area contributed by atoms with E-state index in [4.69, 9.17) is 18.0 Å². The first-order valence-electron chi connectivity index (χ1n) is 17.5. The van der Waals surface area contributed by atoms with Crippen LogP contribution in [0.2, 0.25) is 4.66 Å². The van der Waals surface area contributed by atoms with Crippen molar-refractivity contribution in [1.29, 1.82) is 0 Å². The summed E-state index contributed by atoms with van der Waals surface area (Å²) >= 11 is 0. The summed E-state index contributed by atoms with van der Waals surface area (Å²) in [4.78, 5) is 35.9. The molecule has 0 bridgehead atoms. The van der Waals surface area contributed by atoms with Crippen LogP contribution in [0.4, 0.5) is 0 Å². The summed E-state index contributed by atoms with van der Waals surface area (Å²) in [5.41, 5.74) is 0. The Hall–Kier alpha value is -1.76. The molecule has 2 aliphatic rings. The molecule has 2 rings (SSSR count). The van der Waals surface area contributed by atoms with E-state index in [1.54, 1.807) is 39.0 Å². The third-order valence-corrected chi connectivity index (χ3v) is 19.0. The van der Waals surface area contributed by atoms with Crippen LogP contribution in [0.15, 0.2) is 35.5 Å². The average Bonchev–Trinajstić information content (AvgIpc) is 2.97. The van der Waals surface area contributed by atoms with Crippen LogP contribution in [-0.4, -0.2) is 58.5 Å². The maximum absolute atomic E-state index is 12.0. The Bertz CT molecular complexity index is 1030. The molecule has 0 spiro atoms. The molecule has 0 N–H and O–H groups in total. The van der Waals surface area contributed by atoms with Gasteiger partial charge in [-0.25, -0.2) is 0 Å². The van der Waals surface area contributed by atoms with Crippen LogP contribution in [0, 0.1) is 17.8 Å². The van der Waals surface area contributed by atoms with E-state index in [0.29, 0.717) is 35.7 Å². The number of hydrogen-bond donors (Lipinski definition) is 0. The van der Waals surface area contributed by atoms with Gasteiger partial charge in [0, 0.05) is 24.8 Å². The molecule has 256 valence electrons. The van der Waals surface area contributed by atoms with Crippen molar-refractivity contribution >= 4 is 46.6 Å². The molecule has 2 fully saturated rings. The van der Waals surface area contributed by atoms with Crippen LogP contribution in [0.25, 0.3) is 0 Å². The van der Waals surface area contributed by atoms with Crippen LogP contribution in [0.1, 0.15) is 132 Å². The molecule has 0 unspecified atom stereocenters. The van der Waals surface area contributed by atoms with Gasteiger partial charge < -0.3 is 18.0 Å². The molecule has 7 nitrogen and oxygen atoms in total. The zero-order valence-electron chi connectivity index (χ0n) is 29.6. The number of carbonyl (C=O) groups excluding carboxylic acids is 3. The van der Waals surface area contributed by atoms with E-state index >= 15 is 0 Å². The molecule has 0 amide bonds. The highest BCUT2D eigenvalue weighted by molar-refractivity contribution is 6.60. The summed E-state index contributed by atoms with van der Waals surface area (Å²) in [5.74, 6) is 3.62. The number of ketones is 3. The molecule has 2 atom stereocenters. The van der Waals surface area contributed by atoms with Crippen molar-refractivity contribution in [1.82, 2.24) is 0 Å². The zero-order chi connectivity index (χ0) is 33.5. The predicted octanol–water partition coefficient (Wildman–Crippen LogP) is 6.19. The lowest BCUT2D eigenvalue weighted by Crippen LogP contribution is -2.63. The van der Waals surface area contributed by atoms with E-state index in [1.807, 2.05) is 20.8 Å². The third-order valence-electron chi connectivity index (χ3n) is 9.84. The van der Waals surface area contributed by atoms with Crippen molar-refractivity contribution in [3.63, 3.8) is 0 Å². The monoisotopic (exact) mass is 678 g/mol. The first kappa shape index (κ1) is 39.4. The van der Waals surface area contributed by atoms with Crippen molar-refractivity contribution in [2.75, 3.05) is 6.61 Å². The Morgan fingerprint density at radius 1 is 0.689 bits per heavy atom. The summed E-state index contributed by atoms with van der Waals surface area (Å²) in [7, 11) is -4.14. The van der Waals surface area contributed by atoms with Crippen LogP contribution in [0.5, 0.6) is 0 Å². The molecule has 2 saturated carbocycles. The maximum atomic E-state index is 12.0. The van der Waals surface area contributed by atoms with E-state index in [1.165, 1.54) is 51.4 Å². The lowest BCUT2D eigenvalue weighted by atomic mass is 9.68. The molecule has 10 heteroatoms. The van der Waals surface area contributed by atoms with Gasteiger partial charge in [0.1, 0.15) is 0 Å². The lowest BCUT2D eigenvalue weighted by molar-refractivity contribution is -0.113. The van der Waals surface area contributed by atoms with Gasteiger partial charge in [-0.15, -0.1) is 0 Å². The average molecular weight is 679 g/mol. The summed E-state index contributed by atoms with van der Waals surface area (Å²) in [6.45, 7) is 15.3. The van der Waals surface area contributed by atoms with Crippen LogP contribution in [-0.2, 0) is 32.4 Å². The number of unbranched alkanes of at least 4 members (excludes halogenated alkanes) is 2. The largest absolute Gasteiger partial charge is 0.552 e. The van der Waals surface area contributed by atoms with Crippen molar-refractivity contribution in [3.8, 4) is 0 Å². The van der Waals surface area contributed by atoms with Gasteiger partial charge in [-0.05, 0) is 91.4 Å². The molecule has 0 aromatic carbocycles. The molecule has 2 aliphatic carbocycles. The molecule has 0 aliphatic heterocycles. The van der Waals surface area contributed by atoms with Crippen LogP contribution >= 0.6 is 0 Å². The normalized spacial score (nSPS) is 28.8. The molecular weight excluding hydrogens is 617 g/mol. The van der Waals surface area contributed by atoms with Gasteiger partial charge in [0.05, 0.1) is 27.2 Å². The maximum Gasteiger partial charge on any atom is 0.250 e. The van der Waals surface area contributed by atoms with Crippen molar-refractivity contribution < 1.29 is 32.4 Å². The fourth-order valence-electron chi connectivity index (χ4n) is 7.71. The fourth-order valence-corrected chi connectivity index (χ4v) is 15.3. The second-order valence-electron chi connectivity index (χ2n) is 13.7. The molecule has 45 heavy (non-hydrogen) atoms. The number of rotatable bonds is 20. The van der Waals surface area contributed by atoms with E-state index in [9.17, 15) is 14.4 Å². The van der Waals surface area contributed by atoms with Crippen molar-refractivity contribution in [2.24, 2.45) is 17.8 Å². The molecule has 0 aromatic heterocycles. The first-order chi connectivity index (χ1) is 21.4. The standard InChI is InChI=1S/C35H62O7Si3/c1-9-11-12-14-31-16-18-32(19-17-31)33-15-13-20-34(39-21-10-2,43-40-28(6)22-25(3)36)35(33,44-41-29(7)23-26(4)37)45-42-30(8)24-27(5)38/h22-24,31-33H,9-21,43-45H2,1-8H3/t31?,32?,33-,34+,35?/m1/s1. The highest BCUT2D eigenvalue weighted by Crippen LogP contribution is 2.59. The Kier molecular flexibility index (Phi) is 17.3. The Labute approximate surface area is 280 Å². The fraction of sp³-hybridized carbons (Fsp3) is 0.743. The molecule has 0 saturated heterocycles.